The minimum absolute atomic E-state index is 0.791. The number of hydrogen-bond donors (Lipinski definition) is 0. The second-order valence-electron chi connectivity index (χ2n) is 5.76. The molecule has 0 aromatic carbocycles. The molecule has 0 atom stereocenters. The molecule has 0 radical (unpaired) electrons. The predicted molar refractivity (Wildman–Crippen MR) is 78.2 cm³/mol. The van der Waals surface area contributed by atoms with Gasteiger partial charge in [-0.05, 0) is 36.3 Å². The van der Waals surface area contributed by atoms with E-state index in [2.05, 4.69) is 72.4 Å². The average Bonchev–Trinajstić information content (AvgIpc) is 2.13. The van der Waals surface area contributed by atoms with Crippen LogP contribution in [0.25, 0.3) is 0 Å². The Balaban J connectivity index is 5.26. The van der Waals surface area contributed by atoms with Crippen LogP contribution in [0.1, 0.15) is 54.9 Å². The van der Waals surface area contributed by atoms with Crippen LogP contribution in [0, 0.1) is 0 Å². The van der Waals surface area contributed by atoms with Crippen molar-refractivity contribution in [3.63, 3.8) is 0 Å². The topological polar surface area (TPSA) is 3.24 Å². The third-order valence-electron chi connectivity index (χ3n) is 3.95. The van der Waals surface area contributed by atoms with Gasteiger partial charge in [0.1, 0.15) is 0 Å². The summed E-state index contributed by atoms with van der Waals surface area (Å²) in [6.45, 7) is 16.6. The lowest BCUT2D eigenvalue weighted by Crippen LogP contribution is -2.56. The number of allylic oxidation sites excluding steroid dienone is 1. The number of hydrogen-bond acceptors (Lipinski definition) is 1. The summed E-state index contributed by atoms with van der Waals surface area (Å²) in [7, 11) is 0.868. The van der Waals surface area contributed by atoms with Crippen LogP contribution in [0.3, 0.4) is 0 Å². The second kappa shape index (κ2) is 6.48. The second-order valence-corrected chi connectivity index (χ2v) is 11.7. The Morgan fingerprint density at radius 3 is 1.56 bits per heavy atom. The van der Waals surface area contributed by atoms with E-state index < -0.39 is 8.24 Å². The van der Waals surface area contributed by atoms with Gasteiger partial charge in [0.15, 0.2) is 8.24 Å². The van der Waals surface area contributed by atoms with E-state index in [1.807, 2.05) is 0 Å². The molecule has 16 heavy (non-hydrogen) atoms. The molecule has 0 aliphatic heterocycles. The average molecular weight is 241 g/mol. The van der Waals surface area contributed by atoms with Crippen molar-refractivity contribution in [3.8, 4) is 0 Å². The van der Waals surface area contributed by atoms with E-state index in [0.29, 0.717) is 0 Å². The van der Waals surface area contributed by atoms with E-state index in [9.17, 15) is 0 Å². The molecule has 0 aromatic heterocycles. The Labute approximate surface area is 104 Å². The van der Waals surface area contributed by atoms with Crippen LogP contribution in [0.15, 0.2) is 12.3 Å². The predicted octanol–water partition coefficient (Wildman–Crippen LogP) is 5.02. The van der Waals surface area contributed by atoms with Crippen molar-refractivity contribution in [1.29, 1.82) is 0 Å². The van der Waals surface area contributed by atoms with Gasteiger partial charge in [0, 0.05) is 0 Å². The number of rotatable bonds is 6. The highest BCUT2D eigenvalue weighted by molar-refractivity contribution is 6.81. The zero-order valence-electron chi connectivity index (χ0n) is 12.5. The van der Waals surface area contributed by atoms with Gasteiger partial charge in [-0.3, -0.25) is 0 Å². The van der Waals surface area contributed by atoms with Crippen LogP contribution in [-0.2, 0) is 0 Å². The first kappa shape index (κ1) is 15.8. The molecule has 0 bridgehead atoms. The van der Waals surface area contributed by atoms with E-state index >= 15 is 0 Å². The van der Waals surface area contributed by atoms with Gasteiger partial charge in [-0.1, -0.05) is 54.5 Å². The zero-order chi connectivity index (χ0) is 12.9. The van der Waals surface area contributed by atoms with Gasteiger partial charge in [0.25, 0.3) is 0 Å². The molecule has 96 valence electrons. The molecule has 0 spiro atoms. The molecule has 0 N–H and O–H groups in total. The molecular weight excluding hydrogens is 210 g/mol. The van der Waals surface area contributed by atoms with Crippen LogP contribution in [0.2, 0.25) is 16.6 Å². The standard InChI is InChI=1S/C14H31NSi/c1-9-10-11-15(8)16(12(2)3,13(4)5)14(6)7/h10-14H,9H2,1-8H3/b11-10+. The van der Waals surface area contributed by atoms with Crippen LogP contribution in [0.4, 0.5) is 0 Å². The fourth-order valence-corrected chi connectivity index (χ4v) is 10.4. The van der Waals surface area contributed by atoms with E-state index in [4.69, 9.17) is 0 Å². The maximum Gasteiger partial charge on any atom is 0.163 e. The molecular formula is C14H31NSi. The van der Waals surface area contributed by atoms with Gasteiger partial charge in [-0.25, -0.2) is 0 Å². The van der Waals surface area contributed by atoms with Crippen molar-refractivity contribution >= 4 is 8.24 Å². The molecule has 0 aromatic rings. The summed E-state index contributed by atoms with van der Waals surface area (Å²) >= 11 is 0. The van der Waals surface area contributed by atoms with Crippen molar-refractivity contribution in [3.05, 3.63) is 12.3 Å². The molecule has 0 saturated heterocycles. The van der Waals surface area contributed by atoms with Crippen molar-refractivity contribution in [1.82, 2.24) is 4.57 Å². The highest BCUT2D eigenvalue weighted by atomic mass is 28.3. The molecule has 0 saturated carbocycles. The first-order valence-corrected chi connectivity index (χ1v) is 8.89. The van der Waals surface area contributed by atoms with Crippen LogP contribution < -0.4 is 0 Å². The lowest BCUT2D eigenvalue weighted by Gasteiger charge is -2.49. The molecule has 0 amide bonds. The Kier molecular flexibility index (Phi) is 6.38. The van der Waals surface area contributed by atoms with E-state index in [1.54, 1.807) is 0 Å². The molecule has 0 heterocycles. The van der Waals surface area contributed by atoms with Gasteiger partial charge in [0.2, 0.25) is 0 Å². The minimum Gasteiger partial charge on any atom is -0.405 e. The molecule has 0 aliphatic carbocycles. The Bertz CT molecular complexity index is 197. The Morgan fingerprint density at radius 1 is 0.938 bits per heavy atom. The summed E-state index contributed by atoms with van der Waals surface area (Å²) in [5.41, 5.74) is 2.37. The third kappa shape index (κ3) is 2.91. The van der Waals surface area contributed by atoms with Gasteiger partial charge < -0.3 is 4.57 Å². The highest BCUT2D eigenvalue weighted by Gasteiger charge is 2.45. The quantitative estimate of drug-likeness (QED) is 0.590. The van der Waals surface area contributed by atoms with Gasteiger partial charge in [-0.15, -0.1) is 0 Å². The normalized spacial score (nSPS) is 13.4. The Morgan fingerprint density at radius 2 is 1.31 bits per heavy atom. The first-order valence-electron chi connectivity index (χ1n) is 6.71. The molecule has 0 unspecified atom stereocenters. The summed E-state index contributed by atoms with van der Waals surface area (Å²) in [5, 5.41) is 0. The van der Waals surface area contributed by atoms with Crippen LogP contribution >= 0.6 is 0 Å². The van der Waals surface area contributed by atoms with Gasteiger partial charge in [-0.2, -0.15) is 0 Å². The fraction of sp³-hybridized carbons (Fsp3) is 0.857. The first-order chi connectivity index (χ1) is 7.31. The van der Waals surface area contributed by atoms with Crippen molar-refractivity contribution in [2.24, 2.45) is 0 Å². The summed E-state index contributed by atoms with van der Waals surface area (Å²) < 4.78 is 2.58. The maximum atomic E-state index is 2.58. The van der Waals surface area contributed by atoms with Crippen molar-refractivity contribution in [2.45, 2.75) is 71.5 Å². The monoisotopic (exact) mass is 241 g/mol. The maximum absolute atomic E-state index is 2.58. The SMILES string of the molecule is CC/C=C/N(C)[Si](C(C)C)(C(C)C)C(C)C. The molecule has 2 heteroatoms. The summed E-state index contributed by atoms with van der Waals surface area (Å²) in [6.07, 6.45) is 5.74. The van der Waals surface area contributed by atoms with E-state index in [-0.39, 0.29) is 0 Å². The minimum atomic E-state index is -1.42. The summed E-state index contributed by atoms with van der Waals surface area (Å²) in [4.78, 5) is 0. The third-order valence-corrected chi connectivity index (χ3v) is 10.9. The van der Waals surface area contributed by atoms with Crippen molar-refractivity contribution < 1.29 is 0 Å². The largest absolute Gasteiger partial charge is 0.405 e. The lowest BCUT2D eigenvalue weighted by atomic mass is 10.5. The van der Waals surface area contributed by atoms with Crippen LogP contribution in [-0.4, -0.2) is 19.8 Å². The lowest BCUT2D eigenvalue weighted by molar-refractivity contribution is 0.585. The summed E-state index contributed by atoms with van der Waals surface area (Å²) in [6, 6.07) is 0. The van der Waals surface area contributed by atoms with Crippen LogP contribution in [0.5, 0.6) is 0 Å². The fourth-order valence-electron chi connectivity index (χ4n) is 3.61. The highest BCUT2D eigenvalue weighted by Crippen LogP contribution is 2.43. The number of nitrogens with zero attached hydrogens (tertiary/aromatic N) is 1. The van der Waals surface area contributed by atoms with Gasteiger partial charge in [0.05, 0.1) is 0 Å². The molecule has 0 aliphatic rings. The van der Waals surface area contributed by atoms with Gasteiger partial charge >= 0.3 is 0 Å². The summed E-state index contributed by atoms with van der Waals surface area (Å²) in [5.74, 6) is 0. The Hall–Kier alpha value is -0.243. The molecule has 0 rings (SSSR count). The zero-order valence-corrected chi connectivity index (χ0v) is 13.5. The smallest absolute Gasteiger partial charge is 0.163 e. The van der Waals surface area contributed by atoms with E-state index in [0.717, 1.165) is 23.0 Å². The van der Waals surface area contributed by atoms with Crippen molar-refractivity contribution in [2.75, 3.05) is 7.05 Å². The van der Waals surface area contributed by atoms with E-state index in [1.165, 1.54) is 0 Å². The molecule has 0 fully saturated rings. The molecule has 1 nitrogen and oxygen atoms in total.